The molecule has 1 unspecified atom stereocenters. The number of phenols is 1. The first kappa shape index (κ1) is 19.5. The van der Waals surface area contributed by atoms with Crippen LogP contribution in [0.5, 0.6) is 5.75 Å². The predicted molar refractivity (Wildman–Crippen MR) is 79.4 cm³/mol. The van der Waals surface area contributed by atoms with Crippen molar-refractivity contribution in [3.63, 3.8) is 0 Å². The molecule has 2 rings (SSSR count). The molecule has 5 nitrogen and oxygen atoms in total. The van der Waals surface area contributed by atoms with Gasteiger partial charge in [0.25, 0.3) is 5.91 Å². The van der Waals surface area contributed by atoms with E-state index in [1.54, 1.807) is 0 Å². The van der Waals surface area contributed by atoms with Crippen molar-refractivity contribution in [3.8, 4) is 5.75 Å². The zero-order valence-corrected chi connectivity index (χ0v) is 13.2. The van der Waals surface area contributed by atoms with Crippen molar-refractivity contribution in [2.75, 3.05) is 26.8 Å². The molecule has 0 radical (unpaired) electrons. The molecule has 9 heteroatoms. The van der Waals surface area contributed by atoms with E-state index in [2.05, 4.69) is 10.6 Å². The minimum atomic E-state index is -1.72. The predicted octanol–water partition coefficient (Wildman–Crippen LogP) is 1.73. The SMILES string of the molecule is COCC1(CNC(=O)c2cc(F)c(F)c(O)c2F)CCCN1.Cl. The molecule has 0 bridgehead atoms. The third-order valence-electron chi connectivity index (χ3n) is 3.72. The third-order valence-corrected chi connectivity index (χ3v) is 3.72. The summed E-state index contributed by atoms with van der Waals surface area (Å²) in [6.45, 7) is 1.25. The van der Waals surface area contributed by atoms with E-state index in [0.29, 0.717) is 12.7 Å². The van der Waals surface area contributed by atoms with E-state index in [9.17, 15) is 18.0 Å². The Morgan fingerprint density at radius 1 is 1.43 bits per heavy atom. The molecule has 1 aliphatic heterocycles. The molecule has 1 aromatic rings. The lowest BCUT2D eigenvalue weighted by Gasteiger charge is -2.29. The molecule has 1 saturated heterocycles. The van der Waals surface area contributed by atoms with Gasteiger partial charge in [-0.05, 0) is 25.5 Å². The number of ether oxygens (including phenoxy) is 1. The molecule has 1 heterocycles. The zero-order chi connectivity index (χ0) is 16.3. The van der Waals surface area contributed by atoms with Gasteiger partial charge in [0.15, 0.2) is 17.4 Å². The second kappa shape index (κ2) is 7.85. The van der Waals surface area contributed by atoms with Crippen LogP contribution in [0.2, 0.25) is 0 Å². The molecule has 0 aromatic heterocycles. The van der Waals surface area contributed by atoms with Gasteiger partial charge in [-0.15, -0.1) is 12.4 Å². The zero-order valence-electron chi connectivity index (χ0n) is 12.4. The molecule has 1 atom stereocenters. The maximum absolute atomic E-state index is 13.7. The van der Waals surface area contributed by atoms with E-state index in [1.165, 1.54) is 7.11 Å². The lowest BCUT2D eigenvalue weighted by atomic mass is 9.98. The Labute approximate surface area is 137 Å². The average molecular weight is 355 g/mol. The van der Waals surface area contributed by atoms with E-state index in [1.807, 2.05) is 0 Å². The van der Waals surface area contributed by atoms with Gasteiger partial charge in [0.05, 0.1) is 17.7 Å². The normalized spacial score (nSPS) is 20.2. The van der Waals surface area contributed by atoms with Crippen LogP contribution in [0.3, 0.4) is 0 Å². The Morgan fingerprint density at radius 3 is 2.70 bits per heavy atom. The monoisotopic (exact) mass is 354 g/mol. The van der Waals surface area contributed by atoms with Gasteiger partial charge in [0.2, 0.25) is 5.82 Å². The van der Waals surface area contributed by atoms with Gasteiger partial charge in [-0.2, -0.15) is 4.39 Å². The van der Waals surface area contributed by atoms with Crippen molar-refractivity contribution in [3.05, 3.63) is 29.1 Å². The number of hydrogen-bond donors (Lipinski definition) is 3. The van der Waals surface area contributed by atoms with Crippen LogP contribution in [0, 0.1) is 17.5 Å². The van der Waals surface area contributed by atoms with Crippen molar-refractivity contribution in [2.45, 2.75) is 18.4 Å². The van der Waals surface area contributed by atoms with Gasteiger partial charge < -0.3 is 20.5 Å². The highest BCUT2D eigenvalue weighted by Crippen LogP contribution is 2.26. The number of hydrogen-bond acceptors (Lipinski definition) is 4. The Balaban J connectivity index is 0.00000264. The third kappa shape index (κ3) is 4.07. The van der Waals surface area contributed by atoms with E-state index >= 15 is 0 Å². The smallest absolute Gasteiger partial charge is 0.254 e. The number of benzene rings is 1. The van der Waals surface area contributed by atoms with Crippen LogP contribution in [0.4, 0.5) is 13.2 Å². The second-order valence-electron chi connectivity index (χ2n) is 5.31. The lowest BCUT2D eigenvalue weighted by molar-refractivity contribution is 0.0887. The van der Waals surface area contributed by atoms with E-state index < -0.39 is 40.2 Å². The van der Waals surface area contributed by atoms with Crippen LogP contribution in [-0.2, 0) is 4.74 Å². The number of methoxy groups -OCH3 is 1. The topological polar surface area (TPSA) is 70.6 Å². The van der Waals surface area contributed by atoms with Crippen LogP contribution in [-0.4, -0.2) is 43.4 Å². The summed E-state index contributed by atoms with van der Waals surface area (Å²) in [5, 5.41) is 14.8. The van der Waals surface area contributed by atoms with Crippen molar-refractivity contribution < 1.29 is 27.8 Å². The van der Waals surface area contributed by atoms with Gasteiger partial charge in [0, 0.05) is 13.7 Å². The van der Waals surface area contributed by atoms with Gasteiger partial charge >= 0.3 is 0 Å². The van der Waals surface area contributed by atoms with Crippen LogP contribution < -0.4 is 10.6 Å². The summed E-state index contributed by atoms with van der Waals surface area (Å²) in [6.07, 6.45) is 1.66. The molecule has 1 aliphatic rings. The number of aromatic hydroxyl groups is 1. The minimum absolute atomic E-state index is 0. The fraction of sp³-hybridized carbons (Fsp3) is 0.500. The highest BCUT2D eigenvalue weighted by atomic mass is 35.5. The van der Waals surface area contributed by atoms with Gasteiger partial charge in [-0.1, -0.05) is 0 Å². The summed E-state index contributed by atoms with van der Waals surface area (Å²) in [5.41, 5.74) is -1.22. The standard InChI is InChI=1S/C14H17F3N2O3.ClH/c1-22-7-14(3-2-4-19-14)6-18-13(21)8-5-9(15)11(17)12(20)10(8)16;/h5,19-20H,2-4,6-7H2,1H3,(H,18,21);1H. The molecule has 0 saturated carbocycles. The maximum atomic E-state index is 13.7. The molecule has 23 heavy (non-hydrogen) atoms. The molecule has 0 spiro atoms. The number of carbonyl (C=O) groups excluding carboxylic acids is 1. The summed E-state index contributed by atoms with van der Waals surface area (Å²) in [7, 11) is 1.52. The first-order valence-corrected chi connectivity index (χ1v) is 6.79. The summed E-state index contributed by atoms with van der Waals surface area (Å²) >= 11 is 0. The molecule has 130 valence electrons. The van der Waals surface area contributed by atoms with Crippen LogP contribution in [0.1, 0.15) is 23.2 Å². The minimum Gasteiger partial charge on any atom is -0.503 e. The molecular formula is C14H18ClF3N2O3. The van der Waals surface area contributed by atoms with Crippen LogP contribution in [0.25, 0.3) is 0 Å². The summed E-state index contributed by atoms with van der Waals surface area (Å²) in [5.74, 6) is -7.14. The van der Waals surface area contributed by atoms with Crippen molar-refractivity contribution in [1.82, 2.24) is 10.6 Å². The van der Waals surface area contributed by atoms with Crippen molar-refractivity contribution in [1.29, 1.82) is 0 Å². The quantitative estimate of drug-likeness (QED) is 0.704. The van der Waals surface area contributed by atoms with Crippen molar-refractivity contribution in [2.24, 2.45) is 0 Å². The van der Waals surface area contributed by atoms with E-state index in [0.717, 1.165) is 19.4 Å². The molecular weight excluding hydrogens is 337 g/mol. The highest BCUT2D eigenvalue weighted by molar-refractivity contribution is 5.95. The van der Waals surface area contributed by atoms with Crippen LogP contribution >= 0.6 is 12.4 Å². The molecule has 0 aliphatic carbocycles. The average Bonchev–Trinajstić information content (AvgIpc) is 2.96. The Hall–Kier alpha value is -1.51. The first-order valence-electron chi connectivity index (χ1n) is 6.79. The number of halogens is 4. The van der Waals surface area contributed by atoms with Gasteiger partial charge in [0.1, 0.15) is 0 Å². The number of amides is 1. The summed E-state index contributed by atoms with van der Waals surface area (Å²) in [6, 6.07) is 0.421. The van der Waals surface area contributed by atoms with Gasteiger partial charge in [-0.3, -0.25) is 4.79 Å². The van der Waals surface area contributed by atoms with E-state index in [4.69, 9.17) is 9.84 Å². The first-order chi connectivity index (χ1) is 10.4. The molecule has 1 aromatic carbocycles. The van der Waals surface area contributed by atoms with E-state index in [-0.39, 0.29) is 19.0 Å². The second-order valence-corrected chi connectivity index (χ2v) is 5.31. The van der Waals surface area contributed by atoms with Crippen molar-refractivity contribution >= 4 is 18.3 Å². The highest BCUT2D eigenvalue weighted by Gasteiger charge is 2.34. The largest absolute Gasteiger partial charge is 0.503 e. The maximum Gasteiger partial charge on any atom is 0.254 e. The van der Waals surface area contributed by atoms with Crippen LogP contribution in [0.15, 0.2) is 6.07 Å². The fourth-order valence-corrected chi connectivity index (χ4v) is 2.57. The Kier molecular flexibility index (Phi) is 6.67. The summed E-state index contributed by atoms with van der Waals surface area (Å²) < 4.78 is 45.0. The molecule has 1 fully saturated rings. The van der Waals surface area contributed by atoms with Gasteiger partial charge in [-0.25, -0.2) is 8.78 Å². The molecule has 1 amide bonds. The molecule has 3 N–H and O–H groups in total. The summed E-state index contributed by atoms with van der Waals surface area (Å²) in [4.78, 5) is 12.0. The Bertz CT molecular complexity index is 581. The fourth-order valence-electron chi connectivity index (χ4n) is 2.57. The number of carbonyl (C=O) groups is 1. The number of rotatable bonds is 5. The number of phenolic OH excluding ortho intramolecular Hbond substituents is 1. The lowest BCUT2D eigenvalue weighted by Crippen LogP contribution is -2.53. The number of nitrogens with one attached hydrogen (secondary N) is 2. The Morgan fingerprint density at radius 2 is 2.13 bits per heavy atom.